The summed E-state index contributed by atoms with van der Waals surface area (Å²) >= 11 is 7.57. The first-order valence-electron chi connectivity index (χ1n) is 5.29. The summed E-state index contributed by atoms with van der Waals surface area (Å²) in [5, 5.41) is 1.74. The molecule has 1 aromatic heterocycles. The second kappa shape index (κ2) is 5.49. The molecule has 0 aliphatic rings. The standard InChI is InChI=1S/C12H14ClN3S/c1-16(12-15-7-11(6-14)17-12)8-9-3-2-4-10(13)5-9/h2-5,7H,6,8,14H2,1H3. The van der Waals surface area contributed by atoms with E-state index in [0.29, 0.717) is 6.54 Å². The molecule has 0 atom stereocenters. The fraction of sp³-hybridized carbons (Fsp3) is 0.250. The molecule has 0 radical (unpaired) electrons. The fourth-order valence-electron chi connectivity index (χ4n) is 1.54. The number of anilines is 1. The SMILES string of the molecule is CN(Cc1cccc(Cl)c1)c1ncc(CN)s1. The average molecular weight is 268 g/mol. The number of aromatic nitrogens is 1. The van der Waals surface area contributed by atoms with E-state index in [-0.39, 0.29) is 0 Å². The van der Waals surface area contributed by atoms with Crippen molar-refractivity contribution in [3.63, 3.8) is 0 Å². The van der Waals surface area contributed by atoms with E-state index in [2.05, 4.69) is 16.0 Å². The Hall–Kier alpha value is -1.10. The van der Waals surface area contributed by atoms with E-state index in [1.165, 1.54) is 5.56 Å². The zero-order chi connectivity index (χ0) is 12.3. The first-order chi connectivity index (χ1) is 8.19. The minimum absolute atomic E-state index is 0.544. The molecule has 0 saturated heterocycles. The van der Waals surface area contributed by atoms with E-state index in [4.69, 9.17) is 17.3 Å². The molecule has 5 heteroatoms. The van der Waals surface area contributed by atoms with E-state index < -0.39 is 0 Å². The van der Waals surface area contributed by atoms with Gasteiger partial charge in [0.25, 0.3) is 0 Å². The van der Waals surface area contributed by atoms with Crippen LogP contribution in [0.4, 0.5) is 5.13 Å². The smallest absolute Gasteiger partial charge is 0.185 e. The van der Waals surface area contributed by atoms with Gasteiger partial charge in [-0.15, -0.1) is 11.3 Å². The summed E-state index contributed by atoms with van der Waals surface area (Å²) < 4.78 is 0. The summed E-state index contributed by atoms with van der Waals surface area (Å²) in [6, 6.07) is 7.86. The Balaban J connectivity index is 2.08. The molecule has 2 rings (SSSR count). The lowest BCUT2D eigenvalue weighted by molar-refractivity contribution is 0.914. The summed E-state index contributed by atoms with van der Waals surface area (Å²) in [6.45, 7) is 1.33. The summed E-state index contributed by atoms with van der Waals surface area (Å²) in [5.41, 5.74) is 6.74. The van der Waals surface area contributed by atoms with Crippen molar-refractivity contribution >= 4 is 28.1 Å². The van der Waals surface area contributed by atoms with Crippen molar-refractivity contribution in [2.75, 3.05) is 11.9 Å². The summed E-state index contributed by atoms with van der Waals surface area (Å²) in [7, 11) is 2.01. The van der Waals surface area contributed by atoms with Gasteiger partial charge in [0, 0.05) is 36.2 Å². The maximum Gasteiger partial charge on any atom is 0.185 e. The van der Waals surface area contributed by atoms with Gasteiger partial charge in [-0.2, -0.15) is 0 Å². The molecule has 0 amide bonds. The largest absolute Gasteiger partial charge is 0.347 e. The normalized spacial score (nSPS) is 10.5. The minimum atomic E-state index is 0.544. The monoisotopic (exact) mass is 267 g/mol. The zero-order valence-corrected chi connectivity index (χ0v) is 11.1. The Morgan fingerprint density at radius 2 is 2.29 bits per heavy atom. The van der Waals surface area contributed by atoms with Crippen molar-refractivity contribution < 1.29 is 0 Å². The number of rotatable bonds is 4. The van der Waals surface area contributed by atoms with Crippen molar-refractivity contribution in [1.82, 2.24) is 4.98 Å². The van der Waals surface area contributed by atoms with Crippen LogP contribution in [-0.2, 0) is 13.1 Å². The second-order valence-corrected chi connectivity index (χ2v) is 5.33. The molecule has 1 heterocycles. The molecule has 0 aliphatic carbocycles. The molecule has 0 aliphatic heterocycles. The molecular weight excluding hydrogens is 254 g/mol. The number of hydrogen-bond acceptors (Lipinski definition) is 4. The summed E-state index contributed by atoms with van der Waals surface area (Å²) in [6.07, 6.45) is 1.83. The van der Waals surface area contributed by atoms with Crippen LogP contribution in [0.25, 0.3) is 0 Å². The molecule has 0 bridgehead atoms. The Labute approximate surface area is 110 Å². The number of thiazole rings is 1. The molecule has 3 nitrogen and oxygen atoms in total. The van der Waals surface area contributed by atoms with Gasteiger partial charge in [0.1, 0.15) is 0 Å². The van der Waals surface area contributed by atoms with Crippen LogP contribution < -0.4 is 10.6 Å². The number of benzene rings is 1. The maximum atomic E-state index is 5.95. The van der Waals surface area contributed by atoms with Crippen LogP contribution in [0.2, 0.25) is 5.02 Å². The Kier molecular flexibility index (Phi) is 3.99. The molecule has 90 valence electrons. The third-order valence-electron chi connectivity index (χ3n) is 2.38. The summed E-state index contributed by atoms with van der Waals surface area (Å²) in [4.78, 5) is 7.53. The maximum absolute atomic E-state index is 5.95. The van der Waals surface area contributed by atoms with E-state index in [1.807, 2.05) is 31.4 Å². The quantitative estimate of drug-likeness (QED) is 0.926. The number of nitrogens with zero attached hydrogens (tertiary/aromatic N) is 2. The molecule has 0 saturated carbocycles. The van der Waals surface area contributed by atoms with Crippen molar-refractivity contribution in [2.45, 2.75) is 13.1 Å². The summed E-state index contributed by atoms with van der Waals surface area (Å²) in [5.74, 6) is 0. The molecule has 17 heavy (non-hydrogen) atoms. The van der Waals surface area contributed by atoms with Crippen LogP contribution in [0, 0.1) is 0 Å². The predicted molar refractivity (Wildman–Crippen MR) is 73.6 cm³/mol. The molecule has 0 spiro atoms. The third kappa shape index (κ3) is 3.19. The lowest BCUT2D eigenvalue weighted by atomic mass is 10.2. The van der Waals surface area contributed by atoms with Gasteiger partial charge >= 0.3 is 0 Å². The van der Waals surface area contributed by atoms with Gasteiger partial charge in [-0.3, -0.25) is 0 Å². The number of halogens is 1. The highest BCUT2D eigenvalue weighted by atomic mass is 35.5. The van der Waals surface area contributed by atoms with E-state index >= 15 is 0 Å². The van der Waals surface area contributed by atoms with Crippen LogP contribution in [0.5, 0.6) is 0 Å². The van der Waals surface area contributed by atoms with Crippen LogP contribution in [0.3, 0.4) is 0 Å². The van der Waals surface area contributed by atoms with Crippen LogP contribution in [-0.4, -0.2) is 12.0 Å². The van der Waals surface area contributed by atoms with Gasteiger partial charge in [0.2, 0.25) is 0 Å². The van der Waals surface area contributed by atoms with Crippen molar-refractivity contribution in [1.29, 1.82) is 0 Å². The first-order valence-corrected chi connectivity index (χ1v) is 6.49. The molecular formula is C12H14ClN3S. The Bertz CT molecular complexity index is 498. The average Bonchev–Trinajstić information content (AvgIpc) is 2.77. The van der Waals surface area contributed by atoms with Gasteiger partial charge in [0.05, 0.1) is 0 Å². The predicted octanol–water partition coefficient (Wildman–Crippen LogP) is 2.89. The highest BCUT2D eigenvalue weighted by Crippen LogP contribution is 2.23. The van der Waals surface area contributed by atoms with Crippen LogP contribution in [0.1, 0.15) is 10.4 Å². The zero-order valence-electron chi connectivity index (χ0n) is 9.56. The van der Waals surface area contributed by atoms with Crippen molar-refractivity contribution in [3.8, 4) is 0 Å². The lowest BCUT2D eigenvalue weighted by Crippen LogP contribution is -2.15. The van der Waals surface area contributed by atoms with Crippen LogP contribution >= 0.6 is 22.9 Å². The second-order valence-electron chi connectivity index (χ2n) is 3.80. The van der Waals surface area contributed by atoms with Crippen molar-refractivity contribution in [2.24, 2.45) is 5.73 Å². The van der Waals surface area contributed by atoms with Gasteiger partial charge in [-0.1, -0.05) is 23.7 Å². The molecule has 2 N–H and O–H groups in total. The van der Waals surface area contributed by atoms with Crippen LogP contribution in [0.15, 0.2) is 30.5 Å². The van der Waals surface area contributed by atoms with E-state index in [1.54, 1.807) is 11.3 Å². The minimum Gasteiger partial charge on any atom is -0.347 e. The lowest BCUT2D eigenvalue weighted by Gasteiger charge is -2.15. The van der Waals surface area contributed by atoms with Crippen molar-refractivity contribution in [3.05, 3.63) is 45.9 Å². The molecule has 2 aromatic rings. The number of nitrogens with two attached hydrogens (primary N) is 1. The Morgan fingerprint density at radius 1 is 1.47 bits per heavy atom. The van der Waals surface area contributed by atoms with E-state index in [9.17, 15) is 0 Å². The van der Waals surface area contributed by atoms with Gasteiger partial charge < -0.3 is 10.6 Å². The fourth-order valence-corrected chi connectivity index (χ4v) is 2.51. The van der Waals surface area contributed by atoms with E-state index in [0.717, 1.165) is 21.6 Å². The molecule has 1 aromatic carbocycles. The molecule has 0 unspecified atom stereocenters. The highest BCUT2D eigenvalue weighted by Gasteiger charge is 2.07. The Morgan fingerprint density at radius 3 is 2.94 bits per heavy atom. The topological polar surface area (TPSA) is 42.2 Å². The van der Waals surface area contributed by atoms with Gasteiger partial charge in [0.15, 0.2) is 5.13 Å². The van der Waals surface area contributed by atoms with Gasteiger partial charge in [-0.05, 0) is 17.7 Å². The van der Waals surface area contributed by atoms with Gasteiger partial charge in [-0.25, -0.2) is 4.98 Å². The first kappa shape index (κ1) is 12.4. The molecule has 0 fully saturated rings. The highest BCUT2D eigenvalue weighted by molar-refractivity contribution is 7.15. The third-order valence-corrected chi connectivity index (χ3v) is 3.75. The number of hydrogen-bond donors (Lipinski definition) is 1.